The van der Waals surface area contributed by atoms with Crippen LogP contribution in [-0.4, -0.2) is 40.6 Å². The lowest BCUT2D eigenvalue weighted by Gasteiger charge is -2.33. The number of carbonyl (C=O) groups is 1. The van der Waals surface area contributed by atoms with E-state index >= 15 is 0 Å². The molecule has 21 heavy (non-hydrogen) atoms. The van der Waals surface area contributed by atoms with Crippen LogP contribution in [0.1, 0.15) is 37.8 Å². The lowest BCUT2D eigenvalue weighted by molar-refractivity contribution is -0.118. The molecule has 0 aliphatic carbocycles. The molecule has 0 saturated carbocycles. The Morgan fingerprint density at radius 2 is 1.95 bits per heavy atom. The molecule has 116 valence electrons. The number of anilines is 1. The monoisotopic (exact) mass is 290 g/mol. The summed E-state index contributed by atoms with van der Waals surface area (Å²) in [6.45, 7) is 8.88. The van der Waals surface area contributed by atoms with Crippen molar-refractivity contribution in [1.29, 1.82) is 0 Å². The molecule has 1 unspecified atom stereocenters. The summed E-state index contributed by atoms with van der Waals surface area (Å²) in [5, 5.41) is 13.2. The maximum absolute atomic E-state index is 12.2. The quantitative estimate of drug-likeness (QED) is 0.895. The largest absolute Gasteiger partial charge is 0.389 e. The van der Waals surface area contributed by atoms with E-state index in [9.17, 15) is 9.90 Å². The number of likely N-dealkylation sites (tertiary alicyclic amines) is 1. The van der Waals surface area contributed by atoms with Crippen molar-refractivity contribution >= 4 is 11.6 Å². The first kappa shape index (κ1) is 16.0. The highest BCUT2D eigenvalue weighted by atomic mass is 16.3. The van der Waals surface area contributed by atoms with E-state index in [1.807, 2.05) is 39.8 Å². The van der Waals surface area contributed by atoms with E-state index in [0.29, 0.717) is 6.54 Å². The van der Waals surface area contributed by atoms with E-state index in [1.54, 1.807) is 0 Å². The summed E-state index contributed by atoms with van der Waals surface area (Å²) in [5.41, 5.74) is 2.36. The van der Waals surface area contributed by atoms with Crippen molar-refractivity contribution < 1.29 is 9.90 Å². The van der Waals surface area contributed by atoms with Crippen molar-refractivity contribution in [1.82, 2.24) is 4.90 Å². The number of amides is 1. The number of hydrogen-bond acceptors (Lipinski definition) is 3. The van der Waals surface area contributed by atoms with Gasteiger partial charge in [0, 0.05) is 11.7 Å². The molecule has 1 aromatic rings. The topological polar surface area (TPSA) is 52.6 Å². The number of rotatable bonds is 4. The Bertz CT molecular complexity index is 500. The Morgan fingerprint density at radius 3 is 2.52 bits per heavy atom. The average molecular weight is 290 g/mol. The Labute approximate surface area is 127 Å². The van der Waals surface area contributed by atoms with Gasteiger partial charge < -0.3 is 10.4 Å². The second-order valence-electron chi connectivity index (χ2n) is 6.71. The summed E-state index contributed by atoms with van der Waals surface area (Å²) >= 11 is 0. The number of nitrogens with one attached hydrogen (secondary N) is 1. The van der Waals surface area contributed by atoms with Crippen molar-refractivity contribution in [3.63, 3.8) is 0 Å². The number of aliphatic hydroxyl groups is 1. The molecular weight excluding hydrogens is 264 g/mol. The van der Waals surface area contributed by atoms with Gasteiger partial charge in [0.25, 0.3) is 0 Å². The fraction of sp³-hybridized carbons (Fsp3) is 0.588. The summed E-state index contributed by atoms with van der Waals surface area (Å²) in [4.78, 5) is 14.3. The maximum atomic E-state index is 12.2. The van der Waals surface area contributed by atoms with Gasteiger partial charge in [-0.3, -0.25) is 9.69 Å². The highest BCUT2D eigenvalue weighted by molar-refractivity contribution is 5.92. The first-order valence-corrected chi connectivity index (χ1v) is 7.60. The molecule has 1 atom stereocenters. The molecule has 0 spiro atoms. The van der Waals surface area contributed by atoms with Gasteiger partial charge in [-0.15, -0.1) is 0 Å². The molecule has 0 radical (unpaired) electrons. The molecule has 1 heterocycles. The predicted octanol–water partition coefficient (Wildman–Crippen LogP) is 2.48. The van der Waals surface area contributed by atoms with Gasteiger partial charge in [-0.1, -0.05) is 6.07 Å². The SMILES string of the molecule is Cc1cc(C)cc(NC(=O)CN2CCCC2C(C)(C)O)c1. The third-order valence-electron chi connectivity index (χ3n) is 4.03. The van der Waals surface area contributed by atoms with Crippen molar-refractivity contribution in [2.24, 2.45) is 0 Å². The molecule has 1 saturated heterocycles. The highest BCUT2D eigenvalue weighted by Gasteiger charge is 2.36. The van der Waals surface area contributed by atoms with Gasteiger partial charge in [0.2, 0.25) is 5.91 Å². The van der Waals surface area contributed by atoms with Gasteiger partial charge in [0.1, 0.15) is 0 Å². The standard InChI is InChI=1S/C17H26N2O2/c1-12-8-13(2)10-14(9-12)18-16(20)11-19-7-5-6-15(19)17(3,4)21/h8-10,15,21H,5-7,11H2,1-4H3,(H,18,20). The summed E-state index contributed by atoms with van der Waals surface area (Å²) in [6.07, 6.45) is 1.98. The second kappa shape index (κ2) is 6.16. The molecule has 1 aliphatic rings. The number of aryl methyl sites for hydroxylation is 2. The van der Waals surface area contributed by atoms with E-state index in [0.717, 1.165) is 36.2 Å². The number of hydrogen-bond donors (Lipinski definition) is 2. The van der Waals surface area contributed by atoms with E-state index in [-0.39, 0.29) is 11.9 Å². The predicted molar refractivity (Wildman–Crippen MR) is 85.4 cm³/mol. The molecule has 2 N–H and O–H groups in total. The summed E-state index contributed by atoms with van der Waals surface area (Å²) in [5.74, 6) is -0.0175. The third-order valence-corrected chi connectivity index (χ3v) is 4.03. The van der Waals surface area contributed by atoms with E-state index in [4.69, 9.17) is 0 Å². The van der Waals surface area contributed by atoms with Crippen LogP contribution in [-0.2, 0) is 4.79 Å². The minimum Gasteiger partial charge on any atom is -0.389 e. The normalized spacial score (nSPS) is 19.8. The molecule has 1 aliphatic heterocycles. The molecule has 1 aromatic carbocycles. The van der Waals surface area contributed by atoms with Crippen LogP contribution in [0.3, 0.4) is 0 Å². The van der Waals surface area contributed by atoms with E-state index < -0.39 is 5.60 Å². The lowest BCUT2D eigenvalue weighted by atomic mass is 9.97. The molecule has 0 aromatic heterocycles. The van der Waals surface area contributed by atoms with Crippen molar-refractivity contribution in [3.05, 3.63) is 29.3 Å². The van der Waals surface area contributed by atoms with Crippen LogP contribution in [0.5, 0.6) is 0 Å². The number of carbonyl (C=O) groups excluding carboxylic acids is 1. The third kappa shape index (κ3) is 4.29. The van der Waals surface area contributed by atoms with Crippen molar-refractivity contribution in [2.75, 3.05) is 18.4 Å². The van der Waals surface area contributed by atoms with Crippen LogP contribution >= 0.6 is 0 Å². The van der Waals surface area contributed by atoms with Crippen molar-refractivity contribution in [3.8, 4) is 0 Å². The Balaban J connectivity index is 1.98. The van der Waals surface area contributed by atoms with Gasteiger partial charge in [0.15, 0.2) is 0 Å². The molecule has 4 heteroatoms. The zero-order chi connectivity index (χ0) is 15.6. The Hall–Kier alpha value is -1.39. The van der Waals surface area contributed by atoms with Crippen LogP contribution in [0.25, 0.3) is 0 Å². The molecule has 4 nitrogen and oxygen atoms in total. The first-order valence-electron chi connectivity index (χ1n) is 7.60. The number of nitrogens with zero attached hydrogens (tertiary/aromatic N) is 1. The van der Waals surface area contributed by atoms with Crippen LogP contribution in [0.2, 0.25) is 0 Å². The first-order chi connectivity index (χ1) is 9.75. The fourth-order valence-electron chi connectivity index (χ4n) is 3.25. The average Bonchev–Trinajstić information content (AvgIpc) is 2.74. The van der Waals surface area contributed by atoms with Gasteiger partial charge >= 0.3 is 0 Å². The van der Waals surface area contributed by atoms with Gasteiger partial charge in [-0.25, -0.2) is 0 Å². The van der Waals surface area contributed by atoms with Crippen LogP contribution in [0.15, 0.2) is 18.2 Å². The summed E-state index contributed by atoms with van der Waals surface area (Å²) in [7, 11) is 0. The van der Waals surface area contributed by atoms with Crippen LogP contribution in [0.4, 0.5) is 5.69 Å². The maximum Gasteiger partial charge on any atom is 0.238 e. The molecule has 2 rings (SSSR count). The molecule has 1 fully saturated rings. The van der Waals surface area contributed by atoms with Crippen LogP contribution < -0.4 is 5.32 Å². The van der Waals surface area contributed by atoms with Gasteiger partial charge in [-0.2, -0.15) is 0 Å². The summed E-state index contributed by atoms with van der Waals surface area (Å²) in [6, 6.07) is 6.09. The van der Waals surface area contributed by atoms with E-state index in [1.165, 1.54) is 0 Å². The minimum atomic E-state index is -0.767. The zero-order valence-corrected chi connectivity index (χ0v) is 13.4. The van der Waals surface area contributed by atoms with Crippen molar-refractivity contribution in [2.45, 2.75) is 52.2 Å². The fourth-order valence-corrected chi connectivity index (χ4v) is 3.25. The summed E-state index contributed by atoms with van der Waals surface area (Å²) < 4.78 is 0. The smallest absolute Gasteiger partial charge is 0.238 e. The molecule has 0 bridgehead atoms. The lowest BCUT2D eigenvalue weighted by Crippen LogP contribution is -2.48. The Kier molecular flexibility index (Phi) is 4.69. The van der Waals surface area contributed by atoms with Crippen LogP contribution in [0, 0.1) is 13.8 Å². The molecule has 1 amide bonds. The highest BCUT2D eigenvalue weighted by Crippen LogP contribution is 2.26. The van der Waals surface area contributed by atoms with Gasteiger partial charge in [0.05, 0.1) is 12.1 Å². The molecular formula is C17H26N2O2. The Morgan fingerprint density at radius 1 is 1.33 bits per heavy atom. The van der Waals surface area contributed by atoms with E-state index in [2.05, 4.69) is 16.3 Å². The zero-order valence-electron chi connectivity index (χ0n) is 13.4. The van der Waals surface area contributed by atoms with Gasteiger partial charge in [-0.05, 0) is 70.3 Å². The minimum absolute atomic E-state index is 0.0175. The second-order valence-corrected chi connectivity index (χ2v) is 6.71. The number of benzene rings is 1.